The lowest BCUT2D eigenvalue weighted by molar-refractivity contribution is -0.00213. The molecule has 4 rings (SSSR count). The van der Waals surface area contributed by atoms with Gasteiger partial charge in [-0.05, 0) is 55.6 Å². The highest BCUT2D eigenvalue weighted by Crippen LogP contribution is 2.51. The van der Waals surface area contributed by atoms with Gasteiger partial charge in [0.15, 0.2) is 0 Å². The van der Waals surface area contributed by atoms with E-state index in [9.17, 15) is 14.0 Å². The average molecular weight is 444 g/mol. The fourth-order valence-electron chi connectivity index (χ4n) is 3.96. The van der Waals surface area contributed by atoms with Crippen LogP contribution in [0.2, 0.25) is 0 Å². The lowest BCUT2D eigenvalue weighted by Gasteiger charge is -2.36. The van der Waals surface area contributed by atoms with Crippen LogP contribution < -0.4 is 5.56 Å². The number of carbonyl (C=O) groups excluding carboxylic acids is 1. The summed E-state index contributed by atoms with van der Waals surface area (Å²) in [4.78, 5) is 34.0. The van der Waals surface area contributed by atoms with Crippen LogP contribution in [-0.4, -0.2) is 38.8 Å². The van der Waals surface area contributed by atoms with Crippen LogP contribution in [0, 0.1) is 5.92 Å². The monoisotopic (exact) mass is 443 g/mol. The standard InChI is InChI=1S/C17H19BrFN3O3S/c1-17(2,3)25-16(24)22-7-4-8(9(19)5-7)12(22)14-20-10-6-11(18)26-13(10)15(23)21-14/h6-9,12H,4-5H2,1-3H3,(H,20,21,23)/t7-,8+,9-,12-/m0/s1. The Morgan fingerprint density at radius 1 is 1.46 bits per heavy atom. The molecule has 6 nitrogen and oxygen atoms in total. The van der Waals surface area contributed by atoms with E-state index in [1.54, 1.807) is 31.7 Å². The number of rotatable bonds is 1. The van der Waals surface area contributed by atoms with Crippen LogP contribution in [0.3, 0.4) is 0 Å². The molecular formula is C17H19BrFN3O3S. The van der Waals surface area contributed by atoms with Gasteiger partial charge in [-0.25, -0.2) is 14.2 Å². The number of piperidine rings is 1. The largest absolute Gasteiger partial charge is 0.444 e. The number of carbonyl (C=O) groups is 1. The van der Waals surface area contributed by atoms with E-state index >= 15 is 0 Å². The third-order valence-corrected chi connectivity index (χ3v) is 6.49. The van der Waals surface area contributed by atoms with Crippen molar-refractivity contribution in [1.29, 1.82) is 0 Å². The van der Waals surface area contributed by atoms with Gasteiger partial charge in [0.05, 0.1) is 15.3 Å². The molecule has 0 unspecified atom stereocenters. The number of hydrogen-bond donors (Lipinski definition) is 1. The Kier molecular flexibility index (Phi) is 4.15. The maximum Gasteiger partial charge on any atom is 0.411 e. The summed E-state index contributed by atoms with van der Waals surface area (Å²) in [5.74, 6) is -0.0521. The minimum absolute atomic E-state index is 0.231. The van der Waals surface area contributed by atoms with Crippen LogP contribution in [-0.2, 0) is 4.74 Å². The molecule has 1 amide bonds. The molecular weight excluding hydrogens is 425 g/mol. The van der Waals surface area contributed by atoms with Crippen molar-refractivity contribution >= 4 is 43.6 Å². The molecule has 0 radical (unpaired) electrons. The molecule has 2 aromatic rings. The first-order valence-electron chi connectivity index (χ1n) is 8.48. The number of nitrogens with one attached hydrogen (secondary N) is 1. The molecule has 2 aromatic heterocycles. The third kappa shape index (κ3) is 2.94. The topological polar surface area (TPSA) is 75.3 Å². The Hall–Kier alpha value is -1.48. The molecule has 2 bridgehead atoms. The van der Waals surface area contributed by atoms with Crippen molar-refractivity contribution in [3.63, 3.8) is 0 Å². The first-order valence-corrected chi connectivity index (χ1v) is 10.1. The SMILES string of the molecule is CC(C)(C)OC(=O)N1[C@H]2C[C@@H]([C@H]1c1nc3cc(Br)sc3c(=O)[nH]1)[C@@H](F)C2. The van der Waals surface area contributed by atoms with Crippen molar-refractivity contribution in [2.24, 2.45) is 5.92 Å². The van der Waals surface area contributed by atoms with Crippen LogP contribution in [0.25, 0.3) is 10.2 Å². The molecule has 140 valence electrons. The maximum absolute atomic E-state index is 14.4. The van der Waals surface area contributed by atoms with Gasteiger partial charge >= 0.3 is 6.09 Å². The molecule has 9 heteroatoms. The predicted molar refractivity (Wildman–Crippen MR) is 100 cm³/mol. The van der Waals surface area contributed by atoms with Crippen molar-refractivity contribution in [2.45, 2.75) is 57.5 Å². The maximum atomic E-state index is 14.4. The van der Waals surface area contributed by atoms with Crippen LogP contribution in [0.15, 0.2) is 14.6 Å². The van der Waals surface area contributed by atoms with E-state index < -0.39 is 23.9 Å². The molecule has 0 aromatic carbocycles. The second-order valence-corrected chi connectivity index (χ2v) is 10.3. The number of thiophene rings is 1. The molecule has 3 heterocycles. The molecule has 0 spiro atoms. The highest BCUT2D eigenvalue weighted by atomic mass is 79.9. The number of halogens is 2. The van der Waals surface area contributed by atoms with Crippen molar-refractivity contribution in [3.8, 4) is 0 Å². The summed E-state index contributed by atoms with van der Waals surface area (Å²) in [6.07, 6.45) is -0.646. The summed E-state index contributed by atoms with van der Waals surface area (Å²) in [7, 11) is 0. The van der Waals surface area contributed by atoms with E-state index in [4.69, 9.17) is 4.74 Å². The molecule has 2 aliphatic rings. The van der Waals surface area contributed by atoms with Crippen molar-refractivity contribution in [3.05, 3.63) is 26.0 Å². The van der Waals surface area contributed by atoms with Gasteiger partial charge in [-0.3, -0.25) is 9.69 Å². The molecule has 2 fully saturated rings. The molecule has 1 aliphatic carbocycles. The summed E-state index contributed by atoms with van der Waals surface area (Å²) in [5.41, 5.74) is -0.382. The van der Waals surface area contributed by atoms with Crippen LogP contribution in [0.4, 0.5) is 9.18 Å². The van der Waals surface area contributed by atoms with E-state index in [1.807, 2.05) is 0 Å². The fourth-order valence-corrected chi connectivity index (χ4v) is 5.38. The normalized spacial score (nSPS) is 28.1. The Morgan fingerprint density at radius 3 is 2.88 bits per heavy atom. The first-order chi connectivity index (χ1) is 12.1. The van der Waals surface area contributed by atoms with Crippen LogP contribution >= 0.6 is 27.3 Å². The van der Waals surface area contributed by atoms with E-state index in [0.29, 0.717) is 28.9 Å². The minimum atomic E-state index is -1.01. The zero-order chi connectivity index (χ0) is 18.8. The number of hydrogen-bond acceptors (Lipinski definition) is 5. The molecule has 1 saturated heterocycles. The lowest BCUT2D eigenvalue weighted by Crippen LogP contribution is -2.46. The zero-order valence-electron chi connectivity index (χ0n) is 14.6. The number of aromatic amines is 1. The summed E-state index contributed by atoms with van der Waals surface area (Å²) in [6, 6.07) is 0.913. The summed E-state index contributed by atoms with van der Waals surface area (Å²) in [6.45, 7) is 5.38. The van der Waals surface area contributed by atoms with E-state index in [-0.39, 0.29) is 17.5 Å². The minimum Gasteiger partial charge on any atom is -0.444 e. The van der Waals surface area contributed by atoms with Crippen LogP contribution in [0.5, 0.6) is 0 Å². The number of fused-ring (bicyclic) bond motifs is 3. The average Bonchev–Trinajstić information content (AvgIpc) is 3.15. The number of H-pyrrole nitrogens is 1. The first kappa shape index (κ1) is 17.9. The molecule has 1 aliphatic heterocycles. The summed E-state index contributed by atoms with van der Waals surface area (Å²) in [5, 5.41) is 0. The van der Waals surface area contributed by atoms with Gasteiger partial charge in [-0.1, -0.05) is 0 Å². The van der Waals surface area contributed by atoms with E-state index in [2.05, 4.69) is 25.9 Å². The summed E-state index contributed by atoms with van der Waals surface area (Å²) >= 11 is 4.65. The highest BCUT2D eigenvalue weighted by molar-refractivity contribution is 9.11. The molecule has 26 heavy (non-hydrogen) atoms. The van der Waals surface area contributed by atoms with Gasteiger partial charge < -0.3 is 9.72 Å². The fraction of sp³-hybridized carbons (Fsp3) is 0.588. The lowest BCUT2D eigenvalue weighted by atomic mass is 9.96. The number of nitrogens with zero attached hydrogens (tertiary/aromatic N) is 2. The molecule has 4 atom stereocenters. The number of aromatic nitrogens is 2. The van der Waals surface area contributed by atoms with Gasteiger partial charge in [0.2, 0.25) is 0 Å². The predicted octanol–water partition coefficient (Wildman–Crippen LogP) is 4.16. The Morgan fingerprint density at radius 2 is 2.19 bits per heavy atom. The molecule has 1 N–H and O–H groups in total. The van der Waals surface area contributed by atoms with Crippen molar-refractivity contribution in [1.82, 2.24) is 14.9 Å². The Balaban J connectivity index is 1.77. The number of likely N-dealkylation sites (tertiary alicyclic amines) is 1. The van der Waals surface area contributed by atoms with Gasteiger partial charge in [0.25, 0.3) is 5.56 Å². The Bertz CT molecular complexity index is 937. The van der Waals surface area contributed by atoms with Gasteiger partial charge in [-0.15, -0.1) is 11.3 Å². The number of alkyl halides is 1. The second-order valence-electron chi connectivity index (χ2n) is 7.85. The van der Waals surface area contributed by atoms with Crippen molar-refractivity contribution in [2.75, 3.05) is 0 Å². The number of amides is 1. The summed E-state index contributed by atoms with van der Waals surface area (Å²) < 4.78 is 21.3. The van der Waals surface area contributed by atoms with Crippen LogP contribution in [0.1, 0.15) is 45.5 Å². The molecule has 1 saturated carbocycles. The zero-order valence-corrected chi connectivity index (χ0v) is 17.0. The van der Waals surface area contributed by atoms with Crippen molar-refractivity contribution < 1.29 is 13.9 Å². The Labute approximate surface area is 161 Å². The van der Waals surface area contributed by atoms with E-state index in [1.165, 1.54) is 11.3 Å². The second kappa shape index (κ2) is 6.02. The van der Waals surface area contributed by atoms with Gasteiger partial charge in [0.1, 0.15) is 22.3 Å². The highest BCUT2D eigenvalue weighted by Gasteiger charge is 2.56. The van der Waals surface area contributed by atoms with Gasteiger partial charge in [-0.2, -0.15) is 0 Å². The number of ether oxygens (including phenoxy) is 1. The van der Waals surface area contributed by atoms with Gasteiger partial charge in [0, 0.05) is 12.0 Å². The van der Waals surface area contributed by atoms with E-state index in [0.717, 1.165) is 3.79 Å². The third-order valence-electron chi connectivity index (χ3n) is 4.86. The smallest absolute Gasteiger partial charge is 0.411 e. The quantitative estimate of drug-likeness (QED) is 0.717.